The number of benzene rings is 1. The molecule has 0 unspecified atom stereocenters. The van der Waals surface area contributed by atoms with Gasteiger partial charge in [0.2, 0.25) is 0 Å². The highest BCUT2D eigenvalue weighted by molar-refractivity contribution is 7.90. The van der Waals surface area contributed by atoms with Crippen LogP contribution in [-0.2, 0) is 73.3 Å². The van der Waals surface area contributed by atoms with Crippen molar-refractivity contribution in [3.8, 4) is 0 Å². The molecule has 5 heterocycles. The number of Topliss-reactive ketones (excluding diaryl/α,β-unsaturated/α-hetero) is 1. The Morgan fingerprint density at radius 3 is 2.20 bits per heavy atom. The maximum Gasteiger partial charge on any atom is 0.311 e. The van der Waals surface area contributed by atoms with Crippen molar-refractivity contribution < 1.29 is 80.0 Å². The summed E-state index contributed by atoms with van der Waals surface area (Å²) in [6.45, 7) is 15.5. The van der Waals surface area contributed by atoms with Gasteiger partial charge in [-0.15, -0.1) is 5.10 Å². The van der Waals surface area contributed by atoms with Crippen LogP contribution >= 0.6 is 0 Å². The van der Waals surface area contributed by atoms with Crippen LogP contribution in [0.15, 0.2) is 35.4 Å². The zero-order valence-corrected chi connectivity index (χ0v) is 47.0. The first kappa shape index (κ1) is 60.7. The quantitative estimate of drug-likeness (QED) is 0.200. The summed E-state index contributed by atoms with van der Waals surface area (Å²) in [6.07, 6.45) is -5.44. The van der Waals surface area contributed by atoms with Crippen LogP contribution in [0, 0.1) is 23.7 Å². The van der Waals surface area contributed by atoms with Crippen molar-refractivity contribution in [3.63, 3.8) is 0 Å². The first-order valence-electron chi connectivity index (χ1n) is 26.2. The number of cyclic esters (lactones) is 1. The second-order valence-corrected chi connectivity index (χ2v) is 24.1. The molecule has 6 rings (SSSR count). The topological polar surface area (TPSA) is 243 Å². The van der Waals surface area contributed by atoms with Crippen molar-refractivity contribution in [2.75, 3.05) is 47.9 Å². The largest absolute Gasteiger partial charge is 0.458 e. The van der Waals surface area contributed by atoms with Gasteiger partial charge in [0, 0.05) is 83.4 Å². The van der Waals surface area contributed by atoms with E-state index in [-0.39, 0.29) is 42.8 Å². The van der Waals surface area contributed by atoms with Gasteiger partial charge in [0.15, 0.2) is 22.4 Å². The summed E-state index contributed by atoms with van der Waals surface area (Å²) in [6, 6.07) is 4.66. The van der Waals surface area contributed by atoms with Gasteiger partial charge in [-0.1, -0.05) is 38.1 Å². The maximum atomic E-state index is 14.8. The summed E-state index contributed by atoms with van der Waals surface area (Å²) < 4.78 is 96.8. The van der Waals surface area contributed by atoms with Crippen molar-refractivity contribution >= 4 is 27.6 Å². The number of aliphatic hydroxyl groups is 2. The Hall–Kier alpha value is -3.55. The van der Waals surface area contributed by atoms with Gasteiger partial charge in [-0.3, -0.25) is 14.4 Å². The summed E-state index contributed by atoms with van der Waals surface area (Å²) in [5, 5.41) is 32.0. The van der Waals surface area contributed by atoms with E-state index in [0.717, 1.165) is 6.26 Å². The normalized spacial score (nSPS) is 38.3. The number of ether oxygens (including phenoxy) is 9. The van der Waals surface area contributed by atoms with Crippen LogP contribution in [0.2, 0.25) is 0 Å². The number of fused-ring (bicyclic) bond motifs is 1. The van der Waals surface area contributed by atoms with E-state index in [2.05, 4.69) is 10.3 Å². The molecule has 2 N–H and O–H groups in total. The molecule has 4 aliphatic rings. The van der Waals surface area contributed by atoms with Gasteiger partial charge in [-0.05, 0) is 85.5 Å². The van der Waals surface area contributed by atoms with Gasteiger partial charge in [0.25, 0.3) is 0 Å². The minimum atomic E-state index is -3.44. The third-order valence-electron chi connectivity index (χ3n) is 16.8. The van der Waals surface area contributed by atoms with Crippen LogP contribution in [0.25, 0.3) is 0 Å². The van der Waals surface area contributed by atoms with Crippen LogP contribution in [0.4, 0.5) is 4.39 Å². The fourth-order valence-electron chi connectivity index (χ4n) is 11.8. The molecule has 4 fully saturated rings. The van der Waals surface area contributed by atoms with Crippen LogP contribution in [0.5, 0.6) is 0 Å². The number of hydrogen-bond acceptors (Lipinski definition) is 19. The number of carbonyl (C=O) groups is 3. The lowest BCUT2D eigenvalue weighted by Crippen LogP contribution is -2.59. The summed E-state index contributed by atoms with van der Waals surface area (Å²) in [4.78, 5) is 44.4. The van der Waals surface area contributed by atoms with E-state index in [1.165, 1.54) is 38.1 Å². The number of halogens is 1. The van der Waals surface area contributed by atoms with Crippen molar-refractivity contribution in [1.82, 2.24) is 19.9 Å². The van der Waals surface area contributed by atoms with Crippen molar-refractivity contribution in [2.45, 2.75) is 202 Å². The van der Waals surface area contributed by atoms with E-state index >= 15 is 0 Å². The molecular weight excluding hydrogens is 1000 g/mol. The standard InChI is InChI=1S/C53H83FN4O16S/c1-15-41-53(9)37(23-43(59)74-53)31(4)45(60)29(2)25-51(7,67-12)42(24-40(32(5)49(63)72-41)71-44-26-52(8,68-13)48(62)33(6)70-44)73-50-46(61)38(22-30(3)69-50)57(10)21-20-35-28-58(56-55-35)39(27-54)47(66-11)34-16-18-36(19-17-34)75(14,64)65/h16-19,28-33,37-42,44,46-48,50,61-62H,15,20-27H2,1-14H3/t29-,30-,31-,32-,33+,37-,38+,39-,40+,41-,42-,44+,46-,47-,48+,50+,51-,52-,53+/m1/s1. The minimum absolute atomic E-state index is 0.0352. The number of ketones is 1. The van der Waals surface area contributed by atoms with Crippen LogP contribution in [0.1, 0.15) is 124 Å². The molecule has 75 heavy (non-hydrogen) atoms. The molecular formula is C53H83FN4O16S. The monoisotopic (exact) mass is 1080 g/mol. The summed E-state index contributed by atoms with van der Waals surface area (Å²) >= 11 is 0. The van der Waals surface area contributed by atoms with E-state index in [0.29, 0.717) is 30.6 Å². The number of aliphatic hydroxyl groups excluding tert-OH is 2. The molecule has 2 aromatic rings. The summed E-state index contributed by atoms with van der Waals surface area (Å²) in [5.74, 6) is -4.22. The number of nitrogens with zero attached hydrogens (tertiary/aromatic N) is 4. The van der Waals surface area contributed by atoms with Crippen LogP contribution < -0.4 is 0 Å². The molecule has 4 saturated heterocycles. The molecule has 1 aromatic carbocycles. The summed E-state index contributed by atoms with van der Waals surface area (Å²) in [5.41, 5.74) is -2.56. The molecule has 22 heteroatoms. The lowest BCUT2D eigenvalue weighted by molar-refractivity contribution is -0.309. The van der Waals surface area contributed by atoms with Gasteiger partial charge >= 0.3 is 11.9 Å². The number of aromatic nitrogens is 3. The highest BCUT2D eigenvalue weighted by atomic mass is 32.2. The fourth-order valence-corrected chi connectivity index (χ4v) is 12.4. The van der Waals surface area contributed by atoms with Crippen molar-refractivity contribution in [2.24, 2.45) is 23.7 Å². The third-order valence-corrected chi connectivity index (χ3v) is 17.9. The van der Waals surface area contributed by atoms with E-state index in [4.69, 9.17) is 42.6 Å². The number of methoxy groups -OCH3 is 3. The molecule has 20 nitrogen and oxygen atoms in total. The second kappa shape index (κ2) is 24.6. The van der Waals surface area contributed by atoms with E-state index in [1.807, 2.05) is 32.7 Å². The number of rotatable bonds is 17. The highest BCUT2D eigenvalue weighted by Gasteiger charge is 2.57. The smallest absolute Gasteiger partial charge is 0.311 e. The first-order chi connectivity index (χ1) is 35.2. The number of carbonyl (C=O) groups excluding carboxylic acids is 3. The van der Waals surface area contributed by atoms with Gasteiger partial charge in [-0.2, -0.15) is 0 Å². The predicted octanol–water partition coefficient (Wildman–Crippen LogP) is 4.91. The van der Waals surface area contributed by atoms with Crippen LogP contribution in [-0.4, -0.2) is 182 Å². The SMILES string of the molecule is CC[C@H]1OC(=O)[C@H](C)[C@@H](O[C@H]2C[C@@](C)(OC)[C@@H](O)[C@H](C)O2)C[C@@H](O[C@@H]2O[C@H](C)C[C@H](N(C)CCc3cn([C@H](CF)[C@H](OC)c4ccc(S(C)(=O)=O)cc4)nn3)[C@H]2O)[C@](C)(OC)C[C@@H](C)C(=O)[C@H](C)[C@H]2CC(=O)O[C@@]21C. The average molecular weight is 1080 g/mol. The van der Waals surface area contributed by atoms with E-state index in [9.17, 15) is 37.4 Å². The summed E-state index contributed by atoms with van der Waals surface area (Å²) in [7, 11) is 2.86. The Labute approximate surface area is 441 Å². The predicted molar refractivity (Wildman–Crippen MR) is 269 cm³/mol. The zero-order chi connectivity index (χ0) is 55.5. The fraction of sp³-hybridized carbons (Fsp3) is 0.792. The van der Waals surface area contributed by atoms with E-state index in [1.54, 1.807) is 59.9 Å². The van der Waals surface area contributed by atoms with Crippen LogP contribution in [0.3, 0.4) is 0 Å². The highest BCUT2D eigenvalue weighted by Crippen LogP contribution is 2.46. The van der Waals surface area contributed by atoms with Gasteiger partial charge in [-0.25, -0.2) is 17.5 Å². The Kier molecular flexibility index (Phi) is 19.9. The molecule has 0 bridgehead atoms. The molecule has 0 amide bonds. The van der Waals surface area contributed by atoms with Gasteiger partial charge in [0.05, 0.1) is 58.5 Å². The Morgan fingerprint density at radius 1 is 0.933 bits per heavy atom. The minimum Gasteiger partial charge on any atom is -0.458 e. The zero-order valence-electron chi connectivity index (χ0n) is 46.2. The molecule has 0 radical (unpaired) electrons. The van der Waals surface area contributed by atoms with Crippen molar-refractivity contribution in [1.29, 1.82) is 0 Å². The maximum absolute atomic E-state index is 14.8. The number of alkyl halides is 1. The molecule has 1 aromatic heterocycles. The molecule has 0 spiro atoms. The number of likely N-dealkylation sites (N-methyl/N-ethyl adjacent to an activating group) is 1. The second-order valence-electron chi connectivity index (χ2n) is 22.1. The van der Waals surface area contributed by atoms with Crippen molar-refractivity contribution in [3.05, 3.63) is 41.7 Å². The molecule has 19 atom stereocenters. The number of sulfone groups is 1. The Balaban J connectivity index is 1.28. The molecule has 4 aliphatic heterocycles. The lowest BCUT2D eigenvalue weighted by Gasteiger charge is -2.48. The Bertz CT molecular complexity index is 2360. The lowest BCUT2D eigenvalue weighted by atomic mass is 9.71. The van der Waals surface area contributed by atoms with E-state index < -0.39 is 142 Å². The third kappa shape index (κ3) is 13.3. The molecule has 424 valence electrons. The number of hydrogen-bond donors (Lipinski definition) is 2. The molecule has 0 saturated carbocycles. The number of esters is 2. The first-order valence-corrected chi connectivity index (χ1v) is 28.1. The Morgan fingerprint density at radius 2 is 1.60 bits per heavy atom. The van der Waals surface area contributed by atoms with Gasteiger partial charge < -0.3 is 57.7 Å². The van der Waals surface area contributed by atoms with Gasteiger partial charge in [0.1, 0.15) is 48.5 Å². The average Bonchev–Trinajstić information content (AvgIpc) is 3.97. The molecule has 0 aliphatic carbocycles.